The molecule has 0 bridgehead atoms. The first-order valence-corrected chi connectivity index (χ1v) is 8.82. The van der Waals surface area contributed by atoms with Crippen LogP contribution in [0.25, 0.3) is 0 Å². The Morgan fingerprint density at radius 3 is 2.59 bits per heavy atom. The lowest BCUT2D eigenvalue weighted by Crippen LogP contribution is -2.49. The minimum atomic E-state index is -3.99. The van der Waals surface area contributed by atoms with Gasteiger partial charge in [0.2, 0.25) is 10.0 Å². The average molecular weight is 331 g/mol. The van der Waals surface area contributed by atoms with Crippen molar-refractivity contribution in [3.8, 4) is 0 Å². The highest BCUT2D eigenvalue weighted by Gasteiger charge is 2.36. The minimum Gasteiger partial charge on any atom is -0.314 e. The maximum absolute atomic E-state index is 13.8. The summed E-state index contributed by atoms with van der Waals surface area (Å²) in [7, 11) is -3.99. The second-order valence-corrected chi connectivity index (χ2v) is 7.57. The predicted octanol–water partition coefficient (Wildman–Crippen LogP) is 0.633. The van der Waals surface area contributed by atoms with Gasteiger partial charge in [-0.2, -0.15) is 4.31 Å². The van der Waals surface area contributed by atoms with Gasteiger partial charge in [-0.25, -0.2) is 17.2 Å². The molecule has 22 heavy (non-hydrogen) atoms. The molecule has 2 heterocycles. The first-order chi connectivity index (χ1) is 10.5. The summed E-state index contributed by atoms with van der Waals surface area (Å²) >= 11 is 0. The van der Waals surface area contributed by atoms with E-state index in [1.165, 1.54) is 4.31 Å². The molecule has 1 aromatic carbocycles. The highest BCUT2D eigenvalue weighted by molar-refractivity contribution is 7.89. The third-order valence-corrected chi connectivity index (χ3v) is 6.19. The van der Waals surface area contributed by atoms with Crippen molar-refractivity contribution < 1.29 is 17.2 Å². The van der Waals surface area contributed by atoms with Gasteiger partial charge >= 0.3 is 0 Å². The Bertz CT molecular complexity index is 647. The fourth-order valence-electron chi connectivity index (χ4n) is 3.09. The van der Waals surface area contributed by atoms with Gasteiger partial charge in [0.25, 0.3) is 0 Å². The molecule has 0 aliphatic carbocycles. The molecule has 0 amide bonds. The zero-order valence-corrected chi connectivity index (χ0v) is 13.0. The van der Waals surface area contributed by atoms with Crippen LogP contribution in [0.1, 0.15) is 6.42 Å². The van der Waals surface area contributed by atoms with Crippen molar-refractivity contribution in [3.63, 3.8) is 0 Å². The Hall–Kier alpha value is -1.09. The molecular weight excluding hydrogens is 312 g/mol. The van der Waals surface area contributed by atoms with E-state index in [0.29, 0.717) is 13.1 Å². The largest absolute Gasteiger partial charge is 0.314 e. The highest BCUT2D eigenvalue weighted by Crippen LogP contribution is 2.26. The van der Waals surface area contributed by atoms with E-state index in [1.807, 2.05) is 0 Å². The standard InChI is InChI=1S/C14H19F2N3O2S/c15-11-1-2-13(16)14(9-11)22(20,21)19-6-3-12(10-19)18-7-4-17-5-8-18/h1-2,9,12,17H,3-8,10H2. The molecule has 5 nitrogen and oxygen atoms in total. The summed E-state index contributed by atoms with van der Waals surface area (Å²) in [5.41, 5.74) is 0. The van der Waals surface area contributed by atoms with Crippen LogP contribution in [0.4, 0.5) is 8.78 Å². The van der Waals surface area contributed by atoms with Crippen LogP contribution in [0.5, 0.6) is 0 Å². The molecule has 3 rings (SSSR count). The van der Waals surface area contributed by atoms with E-state index in [1.54, 1.807) is 0 Å². The van der Waals surface area contributed by atoms with E-state index in [0.717, 1.165) is 50.8 Å². The fraction of sp³-hybridized carbons (Fsp3) is 0.571. The summed E-state index contributed by atoms with van der Waals surface area (Å²) in [5, 5.41) is 3.25. The van der Waals surface area contributed by atoms with Crippen LogP contribution in [-0.4, -0.2) is 62.9 Å². The molecule has 2 aliphatic heterocycles. The topological polar surface area (TPSA) is 52.7 Å². The van der Waals surface area contributed by atoms with Crippen molar-refractivity contribution in [1.29, 1.82) is 0 Å². The van der Waals surface area contributed by atoms with Gasteiger partial charge in [0.05, 0.1) is 0 Å². The quantitative estimate of drug-likeness (QED) is 0.883. The average Bonchev–Trinajstić information content (AvgIpc) is 3.01. The molecule has 1 unspecified atom stereocenters. The Morgan fingerprint density at radius 2 is 1.86 bits per heavy atom. The molecule has 2 aliphatic rings. The predicted molar refractivity (Wildman–Crippen MR) is 78.0 cm³/mol. The molecule has 122 valence electrons. The summed E-state index contributed by atoms with van der Waals surface area (Å²) in [4.78, 5) is 1.68. The summed E-state index contributed by atoms with van der Waals surface area (Å²) in [5.74, 6) is -1.66. The van der Waals surface area contributed by atoms with Crippen molar-refractivity contribution in [3.05, 3.63) is 29.8 Å². The van der Waals surface area contributed by atoms with Gasteiger partial charge in [-0.1, -0.05) is 0 Å². The summed E-state index contributed by atoms with van der Waals surface area (Å²) in [6.07, 6.45) is 0.718. The monoisotopic (exact) mass is 331 g/mol. The van der Waals surface area contributed by atoms with E-state index in [4.69, 9.17) is 0 Å². The lowest BCUT2D eigenvalue weighted by Gasteiger charge is -2.32. The van der Waals surface area contributed by atoms with E-state index >= 15 is 0 Å². The van der Waals surface area contributed by atoms with Crippen LogP contribution in [-0.2, 0) is 10.0 Å². The maximum atomic E-state index is 13.8. The minimum absolute atomic E-state index is 0.147. The van der Waals surface area contributed by atoms with Crippen molar-refractivity contribution in [2.24, 2.45) is 0 Å². The first kappa shape index (κ1) is 15.8. The van der Waals surface area contributed by atoms with Gasteiger partial charge in [-0.3, -0.25) is 4.90 Å². The molecule has 0 aromatic heterocycles. The Labute approximate surface area is 129 Å². The van der Waals surface area contributed by atoms with Crippen LogP contribution in [0.15, 0.2) is 23.1 Å². The number of halogens is 2. The summed E-state index contributed by atoms with van der Waals surface area (Å²) < 4.78 is 53.4. The van der Waals surface area contributed by atoms with Crippen molar-refractivity contribution >= 4 is 10.0 Å². The molecule has 1 atom stereocenters. The molecular formula is C14H19F2N3O2S. The van der Waals surface area contributed by atoms with Gasteiger partial charge in [0, 0.05) is 45.3 Å². The second-order valence-electron chi connectivity index (χ2n) is 5.67. The molecule has 1 N–H and O–H groups in total. The SMILES string of the molecule is O=S(=O)(c1cc(F)ccc1F)N1CCC(N2CCNCC2)C1. The highest BCUT2D eigenvalue weighted by atomic mass is 32.2. The zero-order chi connectivity index (χ0) is 15.7. The number of piperazine rings is 1. The molecule has 2 saturated heterocycles. The van der Waals surface area contributed by atoms with Crippen LogP contribution in [0.3, 0.4) is 0 Å². The van der Waals surface area contributed by atoms with E-state index < -0.39 is 26.6 Å². The van der Waals surface area contributed by atoms with Gasteiger partial charge < -0.3 is 5.32 Å². The Kier molecular flexibility index (Phi) is 4.44. The normalized spacial score (nSPS) is 24.7. The molecule has 2 fully saturated rings. The lowest BCUT2D eigenvalue weighted by molar-refractivity contribution is 0.179. The van der Waals surface area contributed by atoms with Crippen LogP contribution in [0, 0.1) is 11.6 Å². The Morgan fingerprint density at radius 1 is 1.14 bits per heavy atom. The van der Waals surface area contributed by atoms with Crippen molar-refractivity contribution in [2.75, 3.05) is 39.3 Å². The van der Waals surface area contributed by atoms with Crippen LogP contribution in [0.2, 0.25) is 0 Å². The van der Waals surface area contributed by atoms with Gasteiger partial charge in [0.15, 0.2) is 0 Å². The molecule has 0 saturated carbocycles. The number of benzene rings is 1. The number of nitrogens with zero attached hydrogens (tertiary/aromatic N) is 2. The number of hydrogen-bond donors (Lipinski definition) is 1. The second kappa shape index (κ2) is 6.19. The zero-order valence-electron chi connectivity index (χ0n) is 12.1. The third kappa shape index (κ3) is 3.01. The van der Waals surface area contributed by atoms with E-state index in [9.17, 15) is 17.2 Å². The summed E-state index contributed by atoms with van der Waals surface area (Å²) in [6.45, 7) is 4.22. The third-order valence-electron chi connectivity index (χ3n) is 4.31. The fourth-order valence-corrected chi connectivity index (χ4v) is 4.66. The number of sulfonamides is 1. The molecule has 0 spiro atoms. The molecule has 1 aromatic rings. The van der Waals surface area contributed by atoms with Crippen LogP contribution >= 0.6 is 0 Å². The first-order valence-electron chi connectivity index (χ1n) is 7.38. The van der Waals surface area contributed by atoms with Crippen LogP contribution < -0.4 is 5.32 Å². The lowest BCUT2D eigenvalue weighted by atomic mass is 10.2. The Balaban J connectivity index is 1.77. The van der Waals surface area contributed by atoms with Crippen molar-refractivity contribution in [2.45, 2.75) is 17.4 Å². The van der Waals surface area contributed by atoms with E-state index in [-0.39, 0.29) is 6.04 Å². The van der Waals surface area contributed by atoms with E-state index in [2.05, 4.69) is 10.2 Å². The van der Waals surface area contributed by atoms with Gasteiger partial charge in [0.1, 0.15) is 16.5 Å². The number of hydrogen-bond acceptors (Lipinski definition) is 4. The van der Waals surface area contributed by atoms with Crippen molar-refractivity contribution in [1.82, 2.24) is 14.5 Å². The van der Waals surface area contributed by atoms with Gasteiger partial charge in [-0.15, -0.1) is 0 Å². The maximum Gasteiger partial charge on any atom is 0.246 e. The van der Waals surface area contributed by atoms with Gasteiger partial charge in [-0.05, 0) is 24.6 Å². The molecule has 0 radical (unpaired) electrons. The molecule has 8 heteroatoms. The number of rotatable bonds is 3. The summed E-state index contributed by atoms with van der Waals surface area (Å²) in [6, 6.07) is 2.67. The smallest absolute Gasteiger partial charge is 0.246 e. The number of nitrogens with one attached hydrogen (secondary N) is 1.